The summed E-state index contributed by atoms with van der Waals surface area (Å²) >= 11 is 0. The van der Waals surface area contributed by atoms with E-state index in [1.54, 1.807) is 31.2 Å². The van der Waals surface area contributed by atoms with Crippen molar-refractivity contribution in [1.82, 2.24) is 4.90 Å². The molecule has 6 nitrogen and oxygen atoms in total. The number of esters is 1. The Hall–Kier alpha value is -2.37. The lowest BCUT2D eigenvalue weighted by atomic mass is 9.65. The Labute approximate surface area is 172 Å². The molecule has 1 aliphatic heterocycles. The third-order valence-electron chi connectivity index (χ3n) is 5.95. The van der Waals surface area contributed by atoms with Crippen molar-refractivity contribution < 1.29 is 23.9 Å². The Bertz CT molecular complexity index is 785. The Morgan fingerprint density at radius 3 is 2.41 bits per heavy atom. The molecular formula is C23H31NO5. The Morgan fingerprint density at radius 1 is 1.07 bits per heavy atom. The molecular weight excluding hydrogens is 370 g/mol. The highest BCUT2D eigenvalue weighted by molar-refractivity contribution is 5.95. The van der Waals surface area contributed by atoms with Crippen LogP contribution in [0.1, 0.15) is 63.7 Å². The van der Waals surface area contributed by atoms with Gasteiger partial charge in [-0.25, -0.2) is 4.79 Å². The quantitative estimate of drug-likeness (QED) is 0.515. The molecule has 1 aromatic rings. The monoisotopic (exact) mass is 401 g/mol. The molecule has 0 N–H and O–H groups in total. The average Bonchev–Trinajstić information content (AvgIpc) is 2.92. The molecule has 1 amide bonds. The van der Waals surface area contributed by atoms with E-state index in [4.69, 9.17) is 9.47 Å². The predicted molar refractivity (Wildman–Crippen MR) is 109 cm³/mol. The molecule has 1 heterocycles. The fourth-order valence-electron chi connectivity index (χ4n) is 5.10. The zero-order chi connectivity index (χ0) is 21.2. The molecule has 0 aromatic heterocycles. The van der Waals surface area contributed by atoms with Crippen LogP contribution in [0.3, 0.4) is 0 Å². The van der Waals surface area contributed by atoms with Crippen LogP contribution in [-0.4, -0.2) is 48.4 Å². The number of ketones is 1. The van der Waals surface area contributed by atoms with Crippen molar-refractivity contribution in [2.75, 3.05) is 19.8 Å². The first kappa shape index (κ1) is 21.3. The number of hydrogen-bond donors (Lipinski definition) is 0. The third kappa shape index (κ3) is 5.17. The van der Waals surface area contributed by atoms with Gasteiger partial charge in [0.05, 0.1) is 0 Å². The average molecular weight is 402 g/mol. The zero-order valence-electron chi connectivity index (χ0n) is 17.8. The van der Waals surface area contributed by atoms with Crippen LogP contribution in [0.25, 0.3) is 0 Å². The van der Waals surface area contributed by atoms with Crippen LogP contribution in [0.5, 0.6) is 5.75 Å². The highest BCUT2D eigenvalue weighted by Gasteiger charge is 2.50. The van der Waals surface area contributed by atoms with E-state index in [1.165, 1.54) is 0 Å². The maximum atomic E-state index is 12.6. The van der Waals surface area contributed by atoms with E-state index >= 15 is 0 Å². The fourth-order valence-corrected chi connectivity index (χ4v) is 5.10. The number of benzene rings is 1. The van der Waals surface area contributed by atoms with Crippen molar-refractivity contribution in [3.63, 3.8) is 0 Å². The third-order valence-corrected chi connectivity index (χ3v) is 5.95. The van der Waals surface area contributed by atoms with E-state index in [0.717, 1.165) is 25.8 Å². The fraction of sp³-hybridized carbons (Fsp3) is 0.609. The molecule has 0 spiro atoms. The number of carbonyl (C=O) groups is 3. The highest BCUT2D eigenvalue weighted by Crippen LogP contribution is 2.52. The molecule has 1 saturated heterocycles. The summed E-state index contributed by atoms with van der Waals surface area (Å²) < 4.78 is 10.5. The number of likely N-dealkylation sites (tertiary alicyclic amines) is 1. The van der Waals surface area contributed by atoms with Gasteiger partial charge in [0.25, 0.3) is 5.91 Å². The Morgan fingerprint density at radius 2 is 1.76 bits per heavy atom. The largest absolute Gasteiger partial charge is 0.482 e. The Balaban J connectivity index is 1.45. The van der Waals surface area contributed by atoms with Gasteiger partial charge in [0.15, 0.2) is 19.0 Å². The lowest BCUT2D eigenvalue weighted by Crippen LogP contribution is -2.40. The van der Waals surface area contributed by atoms with Crippen molar-refractivity contribution in [3.05, 3.63) is 29.8 Å². The van der Waals surface area contributed by atoms with Crippen molar-refractivity contribution in [2.45, 2.75) is 59.4 Å². The van der Waals surface area contributed by atoms with E-state index < -0.39 is 5.97 Å². The second kappa shape index (κ2) is 8.17. The van der Waals surface area contributed by atoms with Gasteiger partial charge in [-0.2, -0.15) is 0 Å². The normalized spacial score (nSPS) is 24.8. The molecule has 6 heteroatoms. The molecule has 29 heavy (non-hydrogen) atoms. The number of carbonyl (C=O) groups excluding carboxylic acids is 3. The van der Waals surface area contributed by atoms with Gasteiger partial charge in [-0.3, -0.25) is 9.59 Å². The van der Waals surface area contributed by atoms with Crippen molar-refractivity contribution in [1.29, 1.82) is 0 Å². The Kier molecular flexibility index (Phi) is 6.01. The molecule has 3 rings (SSSR count). The second-order valence-corrected chi connectivity index (χ2v) is 9.49. The number of fused-ring (bicyclic) bond motifs is 2. The van der Waals surface area contributed by atoms with Gasteiger partial charge >= 0.3 is 5.97 Å². The van der Waals surface area contributed by atoms with Crippen LogP contribution >= 0.6 is 0 Å². The van der Waals surface area contributed by atoms with Gasteiger partial charge in [0.2, 0.25) is 0 Å². The predicted octanol–water partition coefficient (Wildman–Crippen LogP) is 3.63. The molecule has 2 atom stereocenters. The SMILES string of the molecule is CCC(=O)c1ccc(OCC(=O)OCC(=O)N2C[C@]3(C)C[C@H]2CC(C)(C)C3)cc1. The summed E-state index contributed by atoms with van der Waals surface area (Å²) in [6, 6.07) is 6.87. The van der Waals surface area contributed by atoms with Crippen LogP contribution in [0.2, 0.25) is 0 Å². The first-order valence-corrected chi connectivity index (χ1v) is 10.3. The number of amides is 1. The van der Waals surface area contributed by atoms with E-state index in [1.807, 2.05) is 4.90 Å². The minimum Gasteiger partial charge on any atom is -0.482 e. The molecule has 2 bridgehead atoms. The van der Waals surface area contributed by atoms with Crippen molar-refractivity contribution >= 4 is 17.7 Å². The molecule has 1 saturated carbocycles. The van der Waals surface area contributed by atoms with Gasteiger partial charge in [0.1, 0.15) is 5.75 Å². The summed E-state index contributed by atoms with van der Waals surface area (Å²) in [5.41, 5.74) is 0.996. The number of ether oxygens (including phenoxy) is 2. The number of Topliss-reactive ketones (excluding diaryl/α,β-unsaturated/α-hetero) is 1. The first-order chi connectivity index (χ1) is 13.6. The number of hydrogen-bond acceptors (Lipinski definition) is 5. The maximum Gasteiger partial charge on any atom is 0.344 e. The topological polar surface area (TPSA) is 72.9 Å². The highest BCUT2D eigenvalue weighted by atomic mass is 16.6. The lowest BCUT2D eigenvalue weighted by molar-refractivity contribution is -0.154. The molecule has 0 radical (unpaired) electrons. The van der Waals surface area contributed by atoms with Crippen molar-refractivity contribution in [3.8, 4) is 5.75 Å². The summed E-state index contributed by atoms with van der Waals surface area (Å²) in [6.45, 7) is 8.77. The molecule has 0 unspecified atom stereocenters. The van der Waals surface area contributed by atoms with Gasteiger partial charge < -0.3 is 14.4 Å². The molecule has 2 fully saturated rings. The minimum absolute atomic E-state index is 0.0538. The number of nitrogens with zero attached hydrogens (tertiary/aromatic N) is 1. The van der Waals surface area contributed by atoms with Gasteiger partial charge in [-0.15, -0.1) is 0 Å². The molecule has 158 valence electrons. The summed E-state index contributed by atoms with van der Waals surface area (Å²) in [5, 5.41) is 0. The van der Waals surface area contributed by atoms with Crippen LogP contribution in [0, 0.1) is 10.8 Å². The van der Waals surface area contributed by atoms with Gasteiger partial charge in [0, 0.05) is 24.6 Å². The molecule has 2 aliphatic rings. The van der Waals surface area contributed by atoms with Gasteiger partial charge in [-0.05, 0) is 54.4 Å². The van der Waals surface area contributed by atoms with Crippen LogP contribution in [0.4, 0.5) is 0 Å². The zero-order valence-corrected chi connectivity index (χ0v) is 17.8. The smallest absolute Gasteiger partial charge is 0.344 e. The number of rotatable bonds is 7. The summed E-state index contributed by atoms with van der Waals surface area (Å²) in [4.78, 5) is 38.1. The standard InChI is InChI=1S/C23H31NO5/c1-5-19(25)16-6-8-18(9-7-16)28-13-21(27)29-12-20(26)24-15-23(4)11-17(24)10-22(2,3)14-23/h6-9,17H,5,10-15H2,1-4H3/t17-,23-/m1/s1. The minimum atomic E-state index is -0.583. The molecule has 1 aliphatic carbocycles. The second-order valence-electron chi connectivity index (χ2n) is 9.49. The van der Waals surface area contributed by atoms with E-state index in [0.29, 0.717) is 17.7 Å². The van der Waals surface area contributed by atoms with Gasteiger partial charge in [-0.1, -0.05) is 27.7 Å². The molecule has 1 aromatic carbocycles. The maximum absolute atomic E-state index is 12.6. The van der Waals surface area contributed by atoms with E-state index in [-0.39, 0.29) is 41.8 Å². The lowest BCUT2D eigenvalue weighted by Gasteiger charge is -2.39. The van der Waals surface area contributed by atoms with Crippen molar-refractivity contribution in [2.24, 2.45) is 10.8 Å². The van der Waals surface area contributed by atoms with Crippen LogP contribution < -0.4 is 4.74 Å². The summed E-state index contributed by atoms with van der Waals surface area (Å²) in [7, 11) is 0. The van der Waals surface area contributed by atoms with Crippen LogP contribution in [-0.2, 0) is 14.3 Å². The van der Waals surface area contributed by atoms with E-state index in [2.05, 4.69) is 20.8 Å². The summed E-state index contributed by atoms with van der Waals surface area (Å²) in [6.07, 6.45) is 3.56. The van der Waals surface area contributed by atoms with E-state index in [9.17, 15) is 14.4 Å². The van der Waals surface area contributed by atoms with Crippen LogP contribution in [0.15, 0.2) is 24.3 Å². The summed E-state index contributed by atoms with van der Waals surface area (Å²) in [5.74, 6) is -0.185. The first-order valence-electron chi connectivity index (χ1n) is 10.3.